The molecule has 9 nitrogen and oxygen atoms in total. The summed E-state index contributed by atoms with van der Waals surface area (Å²) in [6.45, 7) is 1.31. The van der Waals surface area contributed by atoms with Crippen LogP contribution in [0.15, 0.2) is 78.9 Å². The van der Waals surface area contributed by atoms with Crippen LogP contribution in [-0.2, 0) is 20.8 Å². The van der Waals surface area contributed by atoms with E-state index in [1.807, 2.05) is 36.4 Å². The Hall–Kier alpha value is -4.53. The van der Waals surface area contributed by atoms with Crippen LogP contribution >= 0.6 is 0 Å². The number of esters is 2. The van der Waals surface area contributed by atoms with Crippen molar-refractivity contribution >= 4 is 29.2 Å². The zero-order valence-electron chi connectivity index (χ0n) is 18.4. The van der Waals surface area contributed by atoms with Crippen molar-refractivity contribution in [3.05, 3.63) is 106 Å². The minimum absolute atomic E-state index is 0.0620. The van der Waals surface area contributed by atoms with Crippen LogP contribution in [0.5, 0.6) is 0 Å². The topological polar surface area (TPSA) is 116 Å². The predicted molar refractivity (Wildman–Crippen MR) is 123 cm³/mol. The molecule has 0 unspecified atom stereocenters. The zero-order valence-corrected chi connectivity index (χ0v) is 18.4. The number of amides is 1. The average molecular weight is 462 g/mol. The molecule has 0 spiro atoms. The molecule has 0 aliphatic heterocycles. The highest BCUT2D eigenvalue weighted by molar-refractivity contribution is 5.99. The summed E-state index contributed by atoms with van der Waals surface area (Å²) in [5.41, 5.74) is 0.624. The van der Waals surface area contributed by atoms with E-state index in [-0.39, 0.29) is 24.3 Å². The van der Waals surface area contributed by atoms with Crippen molar-refractivity contribution in [2.75, 3.05) is 18.1 Å². The molecular weight excluding hydrogens is 440 g/mol. The molecular formula is C25H22N2O7. The van der Waals surface area contributed by atoms with E-state index in [1.54, 1.807) is 31.2 Å². The number of hydrogen-bond acceptors (Lipinski definition) is 7. The summed E-state index contributed by atoms with van der Waals surface area (Å²) in [5, 5.41) is 11.2. The van der Waals surface area contributed by atoms with Gasteiger partial charge in [0.1, 0.15) is 0 Å². The van der Waals surface area contributed by atoms with Gasteiger partial charge in [-0.25, -0.2) is 9.59 Å². The third-order valence-electron chi connectivity index (χ3n) is 4.75. The molecule has 0 saturated heterocycles. The molecule has 0 aliphatic carbocycles. The van der Waals surface area contributed by atoms with E-state index in [0.717, 1.165) is 23.8 Å². The average Bonchev–Trinajstić information content (AvgIpc) is 2.86. The van der Waals surface area contributed by atoms with Gasteiger partial charge in [0, 0.05) is 17.8 Å². The molecule has 174 valence electrons. The maximum Gasteiger partial charge on any atom is 0.338 e. The number of para-hydroxylation sites is 1. The molecule has 0 aliphatic rings. The quantitative estimate of drug-likeness (QED) is 0.266. The van der Waals surface area contributed by atoms with Crippen molar-refractivity contribution in [2.24, 2.45) is 0 Å². The Morgan fingerprint density at radius 1 is 0.853 bits per heavy atom. The number of anilines is 1. The molecule has 0 atom stereocenters. The molecule has 34 heavy (non-hydrogen) atoms. The van der Waals surface area contributed by atoms with E-state index >= 15 is 0 Å². The Labute approximate surface area is 195 Å². The van der Waals surface area contributed by atoms with Gasteiger partial charge in [-0.1, -0.05) is 48.5 Å². The van der Waals surface area contributed by atoms with Gasteiger partial charge in [-0.3, -0.25) is 14.9 Å². The summed E-state index contributed by atoms with van der Waals surface area (Å²) in [5.74, 6) is -2.27. The van der Waals surface area contributed by atoms with Crippen LogP contribution in [0, 0.1) is 10.1 Å². The first-order valence-electron chi connectivity index (χ1n) is 10.4. The largest absolute Gasteiger partial charge is 0.462 e. The van der Waals surface area contributed by atoms with E-state index in [4.69, 9.17) is 9.47 Å². The number of non-ortho nitro benzene ring substituents is 1. The summed E-state index contributed by atoms with van der Waals surface area (Å²) >= 11 is 0. The van der Waals surface area contributed by atoms with E-state index in [1.165, 1.54) is 4.90 Å². The lowest BCUT2D eigenvalue weighted by Gasteiger charge is -2.23. The zero-order chi connectivity index (χ0) is 24.5. The number of carbonyl (C=O) groups is 3. The Bertz CT molecular complexity index is 1180. The maximum atomic E-state index is 13.0. The highest BCUT2D eigenvalue weighted by Crippen LogP contribution is 2.20. The smallest absolute Gasteiger partial charge is 0.338 e. The standard InChI is InChI=1S/C25H22N2O7/c1-2-33-24(29)19-13-20(15-22(14-19)27(31)32)25(30)34-17-23(28)26(21-11-7-4-8-12-21)16-18-9-5-3-6-10-18/h3-15H,2,16-17H2,1H3. The van der Waals surface area contributed by atoms with Crippen LogP contribution in [0.4, 0.5) is 11.4 Å². The lowest BCUT2D eigenvalue weighted by Crippen LogP contribution is -2.34. The number of ether oxygens (including phenoxy) is 2. The monoisotopic (exact) mass is 462 g/mol. The van der Waals surface area contributed by atoms with Gasteiger partial charge < -0.3 is 14.4 Å². The second-order valence-corrected chi connectivity index (χ2v) is 7.12. The number of nitro groups is 1. The molecule has 0 heterocycles. The molecule has 0 bridgehead atoms. The number of benzene rings is 3. The van der Waals surface area contributed by atoms with Crippen LogP contribution in [-0.4, -0.2) is 36.0 Å². The fourth-order valence-electron chi connectivity index (χ4n) is 3.15. The van der Waals surface area contributed by atoms with Gasteiger partial charge in [-0.05, 0) is 30.7 Å². The minimum atomic E-state index is -0.977. The molecule has 0 N–H and O–H groups in total. The summed E-state index contributed by atoms with van der Waals surface area (Å²) in [6, 6.07) is 21.3. The SMILES string of the molecule is CCOC(=O)c1cc(C(=O)OCC(=O)N(Cc2ccccc2)c2ccccc2)cc([N+](=O)[O-])c1. The molecule has 9 heteroatoms. The van der Waals surface area contributed by atoms with Crippen LogP contribution < -0.4 is 4.90 Å². The van der Waals surface area contributed by atoms with E-state index in [0.29, 0.717) is 5.69 Å². The van der Waals surface area contributed by atoms with E-state index in [9.17, 15) is 24.5 Å². The number of hydrogen-bond donors (Lipinski definition) is 0. The van der Waals surface area contributed by atoms with Gasteiger partial charge in [0.05, 0.1) is 29.2 Å². The van der Waals surface area contributed by atoms with Crippen molar-refractivity contribution < 1.29 is 28.8 Å². The van der Waals surface area contributed by atoms with Gasteiger partial charge in [0.25, 0.3) is 11.6 Å². The first kappa shape index (κ1) is 24.1. The van der Waals surface area contributed by atoms with Gasteiger partial charge in [-0.2, -0.15) is 0 Å². The van der Waals surface area contributed by atoms with Gasteiger partial charge in [0.2, 0.25) is 0 Å². The van der Waals surface area contributed by atoms with Crippen molar-refractivity contribution in [3.63, 3.8) is 0 Å². The summed E-state index contributed by atoms with van der Waals surface area (Å²) < 4.78 is 10.0. The fraction of sp³-hybridized carbons (Fsp3) is 0.160. The van der Waals surface area contributed by atoms with E-state index in [2.05, 4.69) is 0 Å². The van der Waals surface area contributed by atoms with E-state index < -0.39 is 35.1 Å². The fourth-order valence-corrected chi connectivity index (χ4v) is 3.15. The molecule has 0 saturated carbocycles. The van der Waals surface area contributed by atoms with Crippen molar-refractivity contribution in [2.45, 2.75) is 13.5 Å². The van der Waals surface area contributed by atoms with Crippen LogP contribution in [0.1, 0.15) is 33.2 Å². The lowest BCUT2D eigenvalue weighted by molar-refractivity contribution is -0.384. The first-order chi connectivity index (χ1) is 16.4. The molecule has 0 fully saturated rings. The Balaban J connectivity index is 1.78. The molecule has 3 rings (SSSR count). The normalized spacial score (nSPS) is 10.3. The second-order valence-electron chi connectivity index (χ2n) is 7.12. The maximum absolute atomic E-state index is 13.0. The number of nitro benzene ring substituents is 1. The van der Waals surface area contributed by atoms with Crippen molar-refractivity contribution in [3.8, 4) is 0 Å². The third-order valence-corrected chi connectivity index (χ3v) is 4.75. The van der Waals surface area contributed by atoms with Crippen molar-refractivity contribution in [1.82, 2.24) is 0 Å². The Kier molecular flexibility index (Phi) is 8.07. The summed E-state index contributed by atoms with van der Waals surface area (Å²) in [7, 11) is 0. The third kappa shape index (κ3) is 6.26. The Morgan fingerprint density at radius 3 is 1.97 bits per heavy atom. The van der Waals surface area contributed by atoms with Crippen LogP contribution in [0.3, 0.4) is 0 Å². The number of nitrogens with zero attached hydrogens (tertiary/aromatic N) is 2. The van der Waals surface area contributed by atoms with Gasteiger partial charge in [-0.15, -0.1) is 0 Å². The second kappa shape index (κ2) is 11.4. The van der Waals surface area contributed by atoms with Crippen LogP contribution in [0.25, 0.3) is 0 Å². The molecule has 3 aromatic rings. The molecule has 1 amide bonds. The first-order valence-corrected chi connectivity index (χ1v) is 10.4. The lowest BCUT2D eigenvalue weighted by atomic mass is 10.1. The van der Waals surface area contributed by atoms with Gasteiger partial charge in [0.15, 0.2) is 6.61 Å². The van der Waals surface area contributed by atoms with Crippen LogP contribution in [0.2, 0.25) is 0 Å². The highest BCUT2D eigenvalue weighted by Gasteiger charge is 2.22. The minimum Gasteiger partial charge on any atom is -0.462 e. The molecule has 3 aromatic carbocycles. The number of carbonyl (C=O) groups excluding carboxylic acids is 3. The summed E-state index contributed by atoms with van der Waals surface area (Å²) in [4.78, 5) is 49.6. The molecule has 0 aromatic heterocycles. The van der Waals surface area contributed by atoms with Crippen molar-refractivity contribution in [1.29, 1.82) is 0 Å². The number of rotatable bonds is 9. The summed E-state index contributed by atoms with van der Waals surface area (Å²) in [6.07, 6.45) is 0. The van der Waals surface area contributed by atoms with Gasteiger partial charge >= 0.3 is 11.9 Å². The molecule has 0 radical (unpaired) electrons. The predicted octanol–water partition coefficient (Wildman–Crippen LogP) is 4.16. The highest BCUT2D eigenvalue weighted by atomic mass is 16.6. The Morgan fingerprint density at radius 2 is 1.41 bits per heavy atom.